The van der Waals surface area contributed by atoms with Crippen LogP contribution in [0.15, 0.2) is 62.6 Å². The van der Waals surface area contributed by atoms with E-state index in [4.69, 9.17) is 0 Å². The molecule has 4 aromatic rings. The summed E-state index contributed by atoms with van der Waals surface area (Å²) in [4.78, 5) is 40.4. The first-order chi connectivity index (χ1) is 18.3. The SMILES string of the molecule is CCCCc1nn(CC(=O)C(C)(CC)CC)c(=O)n1Cc1ccc(-c2ccccc2-c2noc(=O)[nH]2)cc1. The Labute approximate surface area is 221 Å². The molecule has 0 amide bonds. The Balaban J connectivity index is 1.61. The fraction of sp³-hybridized carbons (Fsp3) is 0.414. The molecular formula is C29H35N5O4. The molecule has 0 saturated heterocycles. The number of nitrogens with zero attached hydrogens (tertiary/aromatic N) is 4. The highest BCUT2D eigenvalue weighted by Crippen LogP contribution is 2.30. The minimum atomic E-state index is -0.606. The quantitative estimate of drug-likeness (QED) is 0.287. The molecule has 200 valence electrons. The summed E-state index contributed by atoms with van der Waals surface area (Å²) >= 11 is 0. The lowest BCUT2D eigenvalue weighted by Gasteiger charge is -2.24. The zero-order valence-electron chi connectivity index (χ0n) is 22.5. The molecular weight excluding hydrogens is 482 g/mol. The Morgan fingerprint density at radius 3 is 2.29 bits per heavy atom. The Hall–Kier alpha value is -4.01. The summed E-state index contributed by atoms with van der Waals surface area (Å²) in [5.74, 6) is 0.494. The minimum absolute atomic E-state index is 0.0109. The zero-order chi connectivity index (χ0) is 27.3. The van der Waals surface area contributed by atoms with Crippen molar-refractivity contribution in [2.75, 3.05) is 0 Å². The van der Waals surface area contributed by atoms with Gasteiger partial charge in [0.1, 0.15) is 12.4 Å². The predicted molar refractivity (Wildman–Crippen MR) is 146 cm³/mol. The van der Waals surface area contributed by atoms with Crippen LogP contribution in [0.5, 0.6) is 0 Å². The summed E-state index contributed by atoms with van der Waals surface area (Å²) in [5, 5.41) is 8.40. The van der Waals surface area contributed by atoms with Gasteiger partial charge in [-0.15, -0.1) is 0 Å². The van der Waals surface area contributed by atoms with Gasteiger partial charge in [0.2, 0.25) is 0 Å². The van der Waals surface area contributed by atoms with Crippen LogP contribution in [0.2, 0.25) is 0 Å². The number of unbranched alkanes of at least 4 members (excludes halogenated alkanes) is 1. The average molecular weight is 518 g/mol. The average Bonchev–Trinajstić information content (AvgIpc) is 3.50. The highest BCUT2D eigenvalue weighted by Gasteiger charge is 2.30. The van der Waals surface area contributed by atoms with E-state index in [1.807, 2.05) is 69.3 Å². The lowest BCUT2D eigenvalue weighted by molar-refractivity contribution is -0.129. The maximum atomic E-state index is 13.4. The maximum Gasteiger partial charge on any atom is 0.439 e. The van der Waals surface area contributed by atoms with Gasteiger partial charge in [0.25, 0.3) is 0 Å². The van der Waals surface area contributed by atoms with Gasteiger partial charge in [0.15, 0.2) is 11.6 Å². The fourth-order valence-electron chi connectivity index (χ4n) is 4.50. The molecule has 0 aliphatic heterocycles. The van der Waals surface area contributed by atoms with Crippen LogP contribution >= 0.6 is 0 Å². The standard InChI is InChI=1S/C29H35N5O4/c1-5-8-13-25-31-34(19-24(35)29(4,6-2)7-3)28(37)33(25)18-20-14-16-21(17-15-20)22-11-9-10-12-23(22)26-30-27(36)38-32-26/h9-12,14-17H,5-8,13,18-19H2,1-4H3,(H,30,32,36). The topological polar surface area (TPSA) is 116 Å². The third kappa shape index (κ3) is 5.61. The Kier molecular flexibility index (Phi) is 8.24. The van der Waals surface area contributed by atoms with Gasteiger partial charge in [-0.05, 0) is 36.0 Å². The van der Waals surface area contributed by atoms with Gasteiger partial charge >= 0.3 is 11.4 Å². The number of hydrogen-bond donors (Lipinski definition) is 1. The van der Waals surface area contributed by atoms with E-state index in [2.05, 4.69) is 26.7 Å². The summed E-state index contributed by atoms with van der Waals surface area (Å²) < 4.78 is 7.70. The molecule has 0 atom stereocenters. The van der Waals surface area contributed by atoms with E-state index in [1.54, 1.807) is 4.57 Å². The van der Waals surface area contributed by atoms with Crippen LogP contribution in [0.1, 0.15) is 64.8 Å². The fourth-order valence-corrected chi connectivity index (χ4v) is 4.50. The summed E-state index contributed by atoms with van der Waals surface area (Å²) in [6.45, 7) is 8.41. The van der Waals surface area contributed by atoms with E-state index in [1.165, 1.54) is 4.68 Å². The Morgan fingerprint density at radius 1 is 1.00 bits per heavy atom. The number of carbonyl (C=O) groups is 1. The largest absolute Gasteiger partial charge is 0.439 e. The molecule has 0 aliphatic carbocycles. The number of rotatable bonds is 12. The van der Waals surface area contributed by atoms with Crippen molar-refractivity contribution < 1.29 is 9.32 Å². The van der Waals surface area contributed by atoms with Crippen molar-refractivity contribution in [3.63, 3.8) is 0 Å². The molecule has 2 aromatic carbocycles. The van der Waals surface area contributed by atoms with Crippen molar-refractivity contribution in [3.8, 4) is 22.5 Å². The van der Waals surface area contributed by atoms with Crippen LogP contribution in [-0.4, -0.2) is 30.3 Å². The number of nitrogens with one attached hydrogen (secondary N) is 1. The molecule has 9 nitrogen and oxygen atoms in total. The molecule has 0 fully saturated rings. The van der Waals surface area contributed by atoms with Crippen molar-refractivity contribution in [1.82, 2.24) is 24.5 Å². The second-order valence-electron chi connectivity index (χ2n) is 9.92. The van der Waals surface area contributed by atoms with Gasteiger partial charge in [-0.3, -0.25) is 18.9 Å². The number of Topliss-reactive ketones (excluding diaryl/α,β-unsaturated/α-hetero) is 1. The van der Waals surface area contributed by atoms with Gasteiger partial charge in [-0.2, -0.15) is 5.10 Å². The molecule has 0 unspecified atom stereocenters. The number of carbonyl (C=O) groups excluding carboxylic acids is 1. The van der Waals surface area contributed by atoms with E-state index >= 15 is 0 Å². The van der Waals surface area contributed by atoms with Crippen molar-refractivity contribution in [2.24, 2.45) is 5.41 Å². The first-order valence-electron chi connectivity index (χ1n) is 13.2. The van der Waals surface area contributed by atoms with Gasteiger partial charge in [0.05, 0.1) is 6.54 Å². The van der Waals surface area contributed by atoms with E-state index < -0.39 is 11.2 Å². The van der Waals surface area contributed by atoms with Gasteiger partial charge in [0, 0.05) is 17.4 Å². The lowest BCUT2D eigenvalue weighted by atomic mass is 9.80. The number of ketones is 1. The van der Waals surface area contributed by atoms with Crippen LogP contribution in [0.4, 0.5) is 0 Å². The smallest absolute Gasteiger partial charge is 0.297 e. The number of H-pyrrole nitrogens is 1. The molecule has 4 rings (SSSR count). The normalized spacial score (nSPS) is 11.7. The summed E-state index contributed by atoms with van der Waals surface area (Å²) in [5.41, 5.74) is 2.80. The third-order valence-electron chi connectivity index (χ3n) is 7.51. The van der Waals surface area contributed by atoms with Gasteiger partial charge < -0.3 is 0 Å². The molecule has 0 radical (unpaired) electrons. The Bertz CT molecular complexity index is 1500. The van der Waals surface area contributed by atoms with E-state index in [0.29, 0.717) is 24.6 Å². The molecule has 38 heavy (non-hydrogen) atoms. The first kappa shape index (κ1) is 27.0. The number of aromatic amines is 1. The minimum Gasteiger partial charge on any atom is -0.297 e. The highest BCUT2D eigenvalue weighted by molar-refractivity contribution is 5.84. The molecule has 0 saturated carbocycles. The maximum absolute atomic E-state index is 13.4. The molecule has 1 N–H and O–H groups in total. The van der Waals surface area contributed by atoms with Crippen LogP contribution in [0.25, 0.3) is 22.5 Å². The van der Waals surface area contributed by atoms with Gasteiger partial charge in [-0.1, -0.05) is 87.8 Å². The van der Waals surface area contributed by atoms with Gasteiger partial charge in [-0.25, -0.2) is 14.3 Å². The lowest BCUT2D eigenvalue weighted by Crippen LogP contribution is -2.35. The summed E-state index contributed by atoms with van der Waals surface area (Å²) in [6, 6.07) is 15.5. The van der Waals surface area contributed by atoms with Crippen LogP contribution in [0.3, 0.4) is 0 Å². The monoisotopic (exact) mass is 517 g/mol. The molecule has 2 heterocycles. The molecule has 9 heteroatoms. The van der Waals surface area contributed by atoms with Crippen LogP contribution in [-0.2, 0) is 24.3 Å². The number of aromatic nitrogens is 5. The van der Waals surface area contributed by atoms with Crippen molar-refractivity contribution >= 4 is 5.78 Å². The summed E-state index contributed by atoms with van der Waals surface area (Å²) in [7, 11) is 0. The zero-order valence-corrected chi connectivity index (χ0v) is 22.5. The predicted octanol–water partition coefficient (Wildman–Crippen LogP) is 4.84. The molecule has 2 aromatic heterocycles. The third-order valence-corrected chi connectivity index (χ3v) is 7.51. The highest BCUT2D eigenvalue weighted by atomic mass is 16.5. The van der Waals surface area contributed by atoms with E-state index in [0.717, 1.165) is 47.9 Å². The number of aryl methyl sites for hydroxylation is 1. The molecule has 0 spiro atoms. The molecule has 0 bridgehead atoms. The van der Waals surface area contributed by atoms with Crippen molar-refractivity contribution in [1.29, 1.82) is 0 Å². The summed E-state index contributed by atoms with van der Waals surface area (Å²) in [6.07, 6.45) is 4.01. The van der Waals surface area contributed by atoms with Crippen LogP contribution in [0, 0.1) is 5.41 Å². The van der Waals surface area contributed by atoms with Crippen molar-refractivity contribution in [3.05, 3.63) is 81.0 Å². The second kappa shape index (κ2) is 11.6. The van der Waals surface area contributed by atoms with Crippen molar-refractivity contribution in [2.45, 2.75) is 72.9 Å². The molecule has 0 aliphatic rings. The van der Waals surface area contributed by atoms with E-state index in [-0.39, 0.29) is 18.0 Å². The second-order valence-corrected chi connectivity index (χ2v) is 9.92. The van der Waals surface area contributed by atoms with Crippen LogP contribution < -0.4 is 11.4 Å². The first-order valence-corrected chi connectivity index (χ1v) is 13.2. The Morgan fingerprint density at radius 2 is 1.68 bits per heavy atom. The number of benzene rings is 2. The van der Waals surface area contributed by atoms with E-state index in [9.17, 15) is 14.4 Å². The number of hydrogen-bond acceptors (Lipinski definition) is 6.